The Hall–Kier alpha value is -1.98. The number of benzene rings is 1. The zero-order valence-electron chi connectivity index (χ0n) is 12.2. The summed E-state index contributed by atoms with van der Waals surface area (Å²) in [5, 5.41) is 14.3. The van der Waals surface area contributed by atoms with Crippen LogP contribution in [-0.2, 0) is 0 Å². The van der Waals surface area contributed by atoms with Gasteiger partial charge in [-0.05, 0) is 53.3 Å². The van der Waals surface area contributed by atoms with E-state index in [1.54, 1.807) is 12.1 Å². The molecule has 0 aliphatic heterocycles. The van der Waals surface area contributed by atoms with Crippen LogP contribution >= 0.6 is 0 Å². The molecule has 3 rings (SSSR count). The van der Waals surface area contributed by atoms with E-state index in [4.69, 9.17) is 0 Å². The lowest BCUT2D eigenvalue weighted by molar-refractivity contribution is 0.300. The highest BCUT2D eigenvalue weighted by Gasteiger charge is 2.18. The number of nitrogens with one attached hydrogen (secondary N) is 1. The Morgan fingerprint density at radius 1 is 1.29 bits per heavy atom. The average Bonchev–Trinajstić information content (AvgIpc) is 3.02. The lowest BCUT2D eigenvalue weighted by atomic mass is 9.83. The molecule has 1 aromatic carbocycles. The van der Waals surface area contributed by atoms with Gasteiger partial charge in [-0.25, -0.2) is 9.07 Å². The van der Waals surface area contributed by atoms with Crippen molar-refractivity contribution in [3.63, 3.8) is 0 Å². The normalized spacial score (nSPS) is 22.2. The van der Waals surface area contributed by atoms with Crippen LogP contribution in [0.3, 0.4) is 0 Å². The van der Waals surface area contributed by atoms with Crippen molar-refractivity contribution in [3.8, 4) is 5.69 Å². The summed E-state index contributed by atoms with van der Waals surface area (Å²) in [5.74, 6) is 1.23. The van der Waals surface area contributed by atoms with Crippen LogP contribution in [0.1, 0.15) is 32.6 Å². The van der Waals surface area contributed by atoms with Crippen molar-refractivity contribution >= 4 is 5.69 Å². The number of rotatable bonds is 4. The van der Waals surface area contributed by atoms with Crippen molar-refractivity contribution in [1.82, 2.24) is 20.2 Å². The number of nitrogens with zero attached hydrogens (tertiary/aromatic N) is 4. The van der Waals surface area contributed by atoms with E-state index in [1.165, 1.54) is 42.8 Å². The fourth-order valence-corrected chi connectivity index (χ4v) is 2.86. The number of aromatic nitrogens is 4. The third-order valence-corrected chi connectivity index (χ3v) is 4.28. The first-order valence-electron chi connectivity index (χ1n) is 7.49. The molecule has 0 amide bonds. The highest BCUT2D eigenvalue weighted by Crippen LogP contribution is 2.29. The lowest BCUT2D eigenvalue weighted by Crippen LogP contribution is -2.20. The Kier molecular flexibility index (Phi) is 4.13. The summed E-state index contributed by atoms with van der Waals surface area (Å²) in [6.45, 7) is 3.13. The van der Waals surface area contributed by atoms with E-state index in [0.29, 0.717) is 11.6 Å². The molecule has 1 heterocycles. The van der Waals surface area contributed by atoms with Crippen LogP contribution in [0.5, 0.6) is 0 Å². The molecule has 5 nitrogen and oxygen atoms in total. The molecular formula is C15H20FN5. The monoisotopic (exact) mass is 289 g/mol. The van der Waals surface area contributed by atoms with Gasteiger partial charge in [0.2, 0.25) is 0 Å². The van der Waals surface area contributed by atoms with Gasteiger partial charge in [-0.1, -0.05) is 19.8 Å². The fourth-order valence-electron chi connectivity index (χ4n) is 2.86. The first-order valence-corrected chi connectivity index (χ1v) is 7.49. The molecule has 0 spiro atoms. The summed E-state index contributed by atoms with van der Waals surface area (Å²) in [6.07, 6.45) is 6.50. The second-order valence-corrected chi connectivity index (χ2v) is 5.93. The molecule has 1 aliphatic rings. The number of hydrogen-bond acceptors (Lipinski definition) is 4. The van der Waals surface area contributed by atoms with Crippen LogP contribution in [-0.4, -0.2) is 26.8 Å². The van der Waals surface area contributed by atoms with Crippen LogP contribution < -0.4 is 5.32 Å². The van der Waals surface area contributed by atoms with Crippen LogP contribution in [0.25, 0.3) is 5.69 Å². The van der Waals surface area contributed by atoms with E-state index in [-0.39, 0.29) is 5.82 Å². The molecule has 0 unspecified atom stereocenters. The Labute approximate surface area is 123 Å². The Bertz CT molecular complexity index is 576. The third kappa shape index (κ3) is 3.37. The highest BCUT2D eigenvalue weighted by atomic mass is 19.1. The molecule has 1 aliphatic carbocycles. The van der Waals surface area contributed by atoms with Gasteiger partial charge in [-0.15, -0.1) is 5.10 Å². The molecule has 1 aromatic heterocycles. The standard InChI is InChI=1S/C15H20FN5/c1-11-2-4-12(5-3-11)9-17-15-8-13(6-7-14(15)16)21-10-18-19-20-21/h6-8,10-12,17H,2-5,9H2,1H3. The molecule has 6 heteroatoms. The molecular weight excluding hydrogens is 269 g/mol. The maximum atomic E-state index is 13.9. The quantitative estimate of drug-likeness (QED) is 0.940. The smallest absolute Gasteiger partial charge is 0.146 e. The van der Waals surface area contributed by atoms with Gasteiger partial charge >= 0.3 is 0 Å². The van der Waals surface area contributed by atoms with Gasteiger partial charge < -0.3 is 5.32 Å². The average molecular weight is 289 g/mol. The van der Waals surface area contributed by atoms with E-state index in [2.05, 4.69) is 27.8 Å². The molecule has 21 heavy (non-hydrogen) atoms. The Morgan fingerprint density at radius 3 is 2.81 bits per heavy atom. The second kappa shape index (κ2) is 6.20. The maximum Gasteiger partial charge on any atom is 0.146 e. The van der Waals surface area contributed by atoms with Gasteiger partial charge in [0.1, 0.15) is 12.1 Å². The minimum atomic E-state index is -0.240. The Morgan fingerprint density at radius 2 is 2.10 bits per heavy atom. The van der Waals surface area contributed by atoms with Crippen molar-refractivity contribution < 1.29 is 4.39 Å². The number of halogens is 1. The van der Waals surface area contributed by atoms with E-state index >= 15 is 0 Å². The van der Waals surface area contributed by atoms with E-state index in [1.807, 2.05) is 0 Å². The minimum absolute atomic E-state index is 0.240. The molecule has 1 N–H and O–H groups in total. The van der Waals surface area contributed by atoms with Crippen molar-refractivity contribution in [1.29, 1.82) is 0 Å². The SMILES string of the molecule is CC1CCC(CNc2cc(-n3cnnn3)ccc2F)CC1. The summed E-state index contributed by atoms with van der Waals surface area (Å²) >= 11 is 0. The third-order valence-electron chi connectivity index (χ3n) is 4.28. The zero-order valence-corrected chi connectivity index (χ0v) is 12.2. The molecule has 0 bridgehead atoms. The summed E-state index contributed by atoms with van der Waals surface area (Å²) in [5.41, 5.74) is 1.27. The summed E-state index contributed by atoms with van der Waals surface area (Å²) < 4.78 is 15.4. The molecule has 0 atom stereocenters. The molecule has 2 aromatic rings. The van der Waals surface area contributed by atoms with Gasteiger partial charge in [0, 0.05) is 6.54 Å². The van der Waals surface area contributed by atoms with Gasteiger partial charge in [-0.3, -0.25) is 0 Å². The molecule has 0 saturated heterocycles. The minimum Gasteiger partial charge on any atom is -0.382 e. The zero-order chi connectivity index (χ0) is 14.7. The van der Waals surface area contributed by atoms with Crippen LogP contribution in [0.2, 0.25) is 0 Å². The number of hydrogen-bond donors (Lipinski definition) is 1. The molecule has 0 radical (unpaired) electrons. The largest absolute Gasteiger partial charge is 0.382 e. The number of tetrazole rings is 1. The predicted molar refractivity (Wildman–Crippen MR) is 78.7 cm³/mol. The van der Waals surface area contributed by atoms with Gasteiger partial charge in [0.25, 0.3) is 0 Å². The summed E-state index contributed by atoms with van der Waals surface area (Å²) in [4.78, 5) is 0. The van der Waals surface area contributed by atoms with E-state index < -0.39 is 0 Å². The first kappa shape index (κ1) is 14.0. The van der Waals surface area contributed by atoms with Crippen molar-refractivity contribution in [3.05, 3.63) is 30.3 Å². The van der Waals surface area contributed by atoms with E-state index in [9.17, 15) is 4.39 Å². The molecule has 1 saturated carbocycles. The van der Waals surface area contributed by atoms with Gasteiger partial charge in [0.05, 0.1) is 11.4 Å². The predicted octanol–water partition coefficient (Wildman–Crippen LogP) is 3.04. The van der Waals surface area contributed by atoms with Crippen LogP contribution in [0, 0.1) is 17.7 Å². The number of anilines is 1. The van der Waals surface area contributed by atoms with Gasteiger partial charge in [-0.2, -0.15) is 0 Å². The van der Waals surface area contributed by atoms with Crippen molar-refractivity contribution in [2.45, 2.75) is 32.6 Å². The Balaban J connectivity index is 1.66. The highest BCUT2D eigenvalue weighted by molar-refractivity contribution is 5.52. The second-order valence-electron chi connectivity index (χ2n) is 5.93. The van der Waals surface area contributed by atoms with Gasteiger partial charge in [0.15, 0.2) is 0 Å². The lowest BCUT2D eigenvalue weighted by Gasteiger charge is -2.26. The first-order chi connectivity index (χ1) is 10.2. The molecule has 1 fully saturated rings. The fraction of sp³-hybridized carbons (Fsp3) is 0.533. The van der Waals surface area contributed by atoms with Crippen LogP contribution in [0.15, 0.2) is 24.5 Å². The topological polar surface area (TPSA) is 55.6 Å². The van der Waals surface area contributed by atoms with Crippen molar-refractivity contribution in [2.75, 3.05) is 11.9 Å². The molecule has 112 valence electrons. The maximum absolute atomic E-state index is 13.9. The van der Waals surface area contributed by atoms with Crippen LogP contribution in [0.4, 0.5) is 10.1 Å². The van der Waals surface area contributed by atoms with Crippen molar-refractivity contribution in [2.24, 2.45) is 11.8 Å². The summed E-state index contributed by atoms with van der Waals surface area (Å²) in [6, 6.07) is 4.86. The summed E-state index contributed by atoms with van der Waals surface area (Å²) in [7, 11) is 0. The van der Waals surface area contributed by atoms with E-state index in [0.717, 1.165) is 18.2 Å².